The second kappa shape index (κ2) is 6.04. The van der Waals surface area contributed by atoms with Crippen molar-refractivity contribution in [3.05, 3.63) is 18.3 Å². The van der Waals surface area contributed by atoms with Crippen LogP contribution in [0.1, 0.15) is 46.0 Å². The molecule has 4 nitrogen and oxygen atoms in total. The van der Waals surface area contributed by atoms with E-state index < -0.39 is 0 Å². The van der Waals surface area contributed by atoms with Gasteiger partial charge in [-0.3, -0.25) is 9.69 Å². The molecule has 0 spiro atoms. The SMILES string of the molecule is CC(C)N(C(=O)CC1CCCC1)c1ccc(N)cn1. The molecule has 1 amide bonds. The van der Waals surface area contributed by atoms with Crippen LogP contribution in [0.3, 0.4) is 0 Å². The zero-order valence-corrected chi connectivity index (χ0v) is 11.8. The van der Waals surface area contributed by atoms with Crippen molar-refractivity contribution in [1.82, 2.24) is 4.98 Å². The van der Waals surface area contributed by atoms with Crippen LogP contribution in [0.25, 0.3) is 0 Å². The molecule has 0 aromatic carbocycles. The topological polar surface area (TPSA) is 59.2 Å². The van der Waals surface area contributed by atoms with Crippen molar-refractivity contribution in [3.8, 4) is 0 Å². The third-order valence-electron chi connectivity index (χ3n) is 3.74. The second-order valence-electron chi connectivity index (χ2n) is 5.66. The molecule has 0 radical (unpaired) electrons. The van der Waals surface area contributed by atoms with Gasteiger partial charge in [-0.2, -0.15) is 0 Å². The summed E-state index contributed by atoms with van der Waals surface area (Å²) in [7, 11) is 0. The predicted molar refractivity (Wildman–Crippen MR) is 77.8 cm³/mol. The minimum Gasteiger partial charge on any atom is -0.397 e. The summed E-state index contributed by atoms with van der Waals surface area (Å²) < 4.78 is 0. The van der Waals surface area contributed by atoms with Gasteiger partial charge in [0.2, 0.25) is 5.91 Å². The van der Waals surface area contributed by atoms with Gasteiger partial charge in [0.25, 0.3) is 0 Å². The molecule has 0 unspecified atom stereocenters. The summed E-state index contributed by atoms with van der Waals surface area (Å²) in [6, 6.07) is 3.73. The Bertz CT molecular complexity index is 422. The summed E-state index contributed by atoms with van der Waals surface area (Å²) in [6.45, 7) is 4.04. The normalized spacial score (nSPS) is 15.9. The highest BCUT2D eigenvalue weighted by Gasteiger charge is 2.25. The molecule has 1 saturated carbocycles. The van der Waals surface area contributed by atoms with Crippen LogP contribution in [-0.4, -0.2) is 16.9 Å². The van der Waals surface area contributed by atoms with E-state index in [9.17, 15) is 4.79 Å². The lowest BCUT2D eigenvalue weighted by atomic mass is 10.0. The second-order valence-corrected chi connectivity index (χ2v) is 5.66. The number of nitrogens with two attached hydrogens (primary N) is 1. The Hall–Kier alpha value is -1.58. The van der Waals surface area contributed by atoms with E-state index in [1.807, 2.05) is 19.9 Å². The van der Waals surface area contributed by atoms with Gasteiger partial charge in [-0.05, 0) is 44.7 Å². The Morgan fingerprint density at radius 2 is 2.11 bits per heavy atom. The molecule has 1 aromatic rings. The molecular weight excluding hydrogens is 238 g/mol. The first kappa shape index (κ1) is 13.8. The van der Waals surface area contributed by atoms with E-state index in [4.69, 9.17) is 5.73 Å². The molecular formula is C15H23N3O. The summed E-state index contributed by atoms with van der Waals surface area (Å²) in [5.41, 5.74) is 6.27. The van der Waals surface area contributed by atoms with Crippen molar-refractivity contribution < 1.29 is 4.79 Å². The average Bonchev–Trinajstić information content (AvgIpc) is 2.84. The van der Waals surface area contributed by atoms with Crippen LogP contribution >= 0.6 is 0 Å². The Labute approximate surface area is 115 Å². The van der Waals surface area contributed by atoms with Crippen molar-refractivity contribution in [2.45, 2.75) is 52.0 Å². The van der Waals surface area contributed by atoms with Gasteiger partial charge in [-0.15, -0.1) is 0 Å². The lowest BCUT2D eigenvalue weighted by Gasteiger charge is -2.27. The van der Waals surface area contributed by atoms with Gasteiger partial charge < -0.3 is 5.73 Å². The van der Waals surface area contributed by atoms with Gasteiger partial charge in [-0.1, -0.05) is 12.8 Å². The van der Waals surface area contributed by atoms with Gasteiger partial charge in [0.05, 0.1) is 11.9 Å². The third kappa shape index (κ3) is 3.46. The minimum absolute atomic E-state index is 0.116. The monoisotopic (exact) mass is 261 g/mol. The molecule has 2 N–H and O–H groups in total. The summed E-state index contributed by atoms with van der Waals surface area (Å²) in [6.07, 6.45) is 7.15. The minimum atomic E-state index is 0.116. The Balaban J connectivity index is 2.10. The van der Waals surface area contributed by atoms with E-state index in [0.717, 1.165) is 0 Å². The van der Waals surface area contributed by atoms with Crippen LogP contribution in [0.4, 0.5) is 11.5 Å². The third-order valence-corrected chi connectivity index (χ3v) is 3.74. The number of hydrogen-bond donors (Lipinski definition) is 1. The van der Waals surface area contributed by atoms with Gasteiger partial charge in [0.15, 0.2) is 0 Å². The number of rotatable bonds is 4. The highest BCUT2D eigenvalue weighted by Crippen LogP contribution is 2.29. The first-order valence-electron chi connectivity index (χ1n) is 7.11. The van der Waals surface area contributed by atoms with Crippen molar-refractivity contribution in [2.75, 3.05) is 10.6 Å². The molecule has 1 heterocycles. The van der Waals surface area contributed by atoms with E-state index >= 15 is 0 Å². The molecule has 0 bridgehead atoms. The quantitative estimate of drug-likeness (QED) is 0.906. The van der Waals surface area contributed by atoms with Gasteiger partial charge in [0.1, 0.15) is 5.82 Å². The molecule has 1 fully saturated rings. The molecule has 0 atom stereocenters. The fraction of sp³-hybridized carbons (Fsp3) is 0.600. The van der Waals surface area contributed by atoms with Gasteiger partial charge in [-0.25, -0.2) is 4.98 Å². The van der Waals surface area contributed by atoms with Crippen LogP contribution in [0.5, 0.6) is 0 Å². The summed E-state index contributed by atoms with van der Waals surface area (Å²) in [5.74, 6) is 1.44. The van der Waals surface area contributed by atoms with Gasteiger partial charge in [0, 0.05) is 12.5 Å². The van der Waals surface area contributed by atoms with Crippen molar-refractivity contribution in [3.63, 3.8) is 0 Å². The molecule has 1 aliphatic rings. The number of nitrogen functional groups attached to an aromatic ring is 1. The lowest BCUT2D eigenvalue weighted by Crippen LogP contribution is -2.38. The van der Waals surface area contributed by atoms with Crippen LogP contribution < -0.4 is 10.6 Å². The smallest absolute Gasteiger partial charge is 0.228 e. The number of hydrogen-bond acceptors (Lipinski definition) is 3. The summed E-state index contributed by atoms with van der Waals surface area (Å²) >= 11 is 0. The molecule has 2 rings (SSSR count). The first-order valence-corrected chi connectivity index (χ1v) is 7.11. The highest BCUT2D eigenvalue weighted by atomic mass is 16.2. The van der Waals surface area contributed by atoms with E-state index in [0.29, 0.717) is 23.8 Å². The molecule has 0 aliphatic heterocycles. The maximum Gasteiger partial charge on any atom is 0.228 e. The summed E-state index contributed by atoms with van der Waals surface area (Å²) in [5, 5.41) is 0. The predicted octanol–water partition coefficient (Wildman–Crippen LogP) is 2.99. The molecule has 1 aromatic heterocycles. The Morgan fingerprint density at radius 3 is 2.63 bits per heavy atom. The number of nitrogens with zero attached hydrogens (tertiary/aromatic N) is 2. The van der Waals surface area contributed by atoms with Crippen molar-refractivity contribution in [1.29, 1.82) is 0 Å². The largest absolute Gasteiger partial charge is 0.397 e. The van der Waals surface area contributed by atoms with E-state index in [1.165, 1.54) is 25.7 Å². The fourth-order valence-corrected chi connectivity index (χ4v) is 2.78. The van der Waals surface area contributed by atoms with E-state index in [2.05, 4.69) is 4.98 Å². The molecule has 104 valence electrons. The maximum absolute atomic E-state index is 12.5. The number of amides is 1. The highest BCUT2D eigenvalue weighted by molar-refractivity contribution is 5.93. The zero-order chi connectivity index (χ0) is 13.8. The van der Waals surface area contributed by atoms with Crippen LogP contribution in [0.15, 0.2) is 18.3 Å². The van der Waals surface area contributed by atoms with E-state index in [1.54, 1.807) is 17.2 Å². The zero-order valence-electron chi connectivity index (χ0n) is 11.8. The van der Waals surface area contributed by atoms with Crippen LogP contribution in [-0.2, 0) is 4.79 Å². The number of pyridine rings is 1. The van der Waals surface area contributed by atoms with Crippen LogP contribution in [0, 0.1) is 5.92 Å². The number of carbonyl (C=O) groups is 1. The Kier molecular flexibility index (Phi) is 4.40. The van der Waals surface area contributed by atoms with Crippen molar-refractivity contribution >= 4 is 17.4 Å². The van der Waals surface area contributed by atoms with Crippen molar-refractivity contribution in [2.24, 2.45) is 5.92 Å². The summed E-state index contributed by atoms with van der Waals surface area (Å²) in [4.78, 5) is 18.5. The average molecular weight is 261 g/mol. The standard InChI is InChI=1S/C15H23N3O/c1-11(2)18(14-8-7-13(16)10-17-14)15(19)9-12-5-3-4-6-12/h7-8,10-12H,3-6,9,16H2,1-2H3. The number of aromatic nitrogens is 1. The lowest BCUT2D eigenvalue weighted by molar-refractivity contribution is -0.119. The van der Waals surface area contributed by atoms with Gasteiger partial charge >= 0.3 is 0 Å². The maximum atomic E-state index is 12.5. The van der Waals surface area contributed by atoms with Crippen LogP contribution in [0.2, 0.25) is 0 Å². The number of anilines is 2. The number of carbonyl (C=O) groups excluding carboxylic acids is 1. The first-order chi connectivity index (χ1) is 9.08. The Morgan fingerprint density at radius 1 is 1.42 bits per heavy atom. The molecule has 0 saturated heterocycles. The molecule has 19 heavy (non-hydrogen) atoms. The van der Waals surface area contributed by atoms with E-state index in [-0.39, 0.29) is 11.9 Å². The fourth-order valence-electron chi connectivity index (χ4n) is 2.78. The molecule has 1 aliphatic carbocycles. The molecule has 4 heteroatoms.